The van der Waals surface area contributed by atoms with Gasteiger partial charge in [-0.1, -0.05) is 35.9 Å². The second kappa shape index (κ2) is 8.95. The summed E-state index contributed by atoms with van der Waals surface area (Å²) in [6.07, 6.45) is 2.77. The van der Waals surface area contributed by atoms with Gasteiger partial charge in [0, 0.05) is 25.7 Å². The van der Waals surface area contributed by atoms with E-state index in [2.05, 4.69) is 0 Å². The maximum absolute atomic E-state index is 12.3. The number of nitro benzene ring substituents is 1. The van der Waals surface area contributed by atoms with Crippen LogP contribution in [-0.2, 0) is 4.79 Å². The highest BCUT2D eigenvalue weighted by Crippen LogP contribution is 2.25. The topological polar surface area (TPSA) is 89.8 Å². The second-order valence-electron chi connectivity index (χ2n) is 5.77. The summed E-state index contributed by atoms with van der Waals surface area (Å²) in [5.41, 5.74) is 0.611. The summed E-state index contributed by atoms with van der Waals surface area (Å²) in [5.74, 6) is -0.112. The van der Waals surface area contributed by atoms with Crippen molar-refractivity contribution >= 4 is 35.1 Å². The molecule has 27 heavy (non-hydrogen) atoms. The molecule has 2 aromatic carbocycles. The molecule has 0 saturated heterocycles. The molecule has 0 saturated carbocycles. The fraction of sp³-hybridized carbons (Fsp3) is 0.158. The summed E-state index contributed by atoms with van der Waals surface area (Å²) >= 11 is 5.77. The summed E-state index contributed by atoms with van der Waals surface area (Å²) in [6.45, 7) is -0.130. The zero-order chi connectivity index (χ0) is 20.0. The molecular formula is C19H17ClN2O5. The molecule has 0 aliphatic heterocycles. The highest BCUT2D eigenvalue weighted by molar-refractivity contribution is 6.32. The Morgan fingerprint density at radius 3 is 2.63 bits per heavy atom. The number of hydrogen-bond donors (Lipinski definition) is 0. The normalized spacial score (nSPS) is 10.6. The molecule has 1 amide bonds. The number of amides is 1. The zero-order valence-electron chi connectivity index (χ0n) is 14.7. The first-order chi connectivity index (χ1) is 12.8. The summed E-state index contributed by atoms with van der Waals surface area (Å²) in [6, 6.07) is 10.7. The van der Waals surface area contributed by atoms with Gasteiger partial charge < -0.3 is 9.64 Å². The number of likely N-dealkylation sites (N-methyl/N-ethyl adjacent to an activating group) is 1. The van der Waals surface area contributed by atoms with E-state index in [0.29, 0.717) is 16.9 Å². The first kappa shape index (κ1) is 20.1. The van der Waals surface area contributed by atoms with E-state index < -0.39 is 4.92 Å². The van der Waals surface area contributed by atoms with E-state index in [9.17, 15) is 19.7 Å². The Balaban J connectivity index is 2.11. The molecule has 0 aromatic heterocycles. The molecule has 0 N–H and O–H groups in total. The van der Waals surface area contributed by atoms with Crippen molar-refractivity contribution in [2.75, 3.05) is 20.7 Å². The van der Waals surface area contributed by atoms with Gasteiger partial charge in [-0.25, -0.2) is 0 Å². The van der Waals surface area contributed by atoms with E-state index >= 15 is 0 Å². The highest BCUT2D eigenvalue weighted by Gasteiger charge is 2.12. The predicted octanol–water partition coefficient (Wildman–Crippen LogP) is 3.61. The van der Waals surface area contributed by atoms with E-state index in [1.54, 1.807) is 38.4 Å². The van der Waals surface area contributed by atoms with E-state index in [1.165, 1.54) is 35.3 Å². The molecule has 0 aliphatic rings. The number of ketones is 1. The van der Waals surface area contributed by atoms with Gasteiger partial charge in [0.05, 0.1) is 4.92 Å². The molecule has 0 aliphatic carbocycles. The molecule has 2 rings (SSSR count). The van der Waals surface area contributed by atoms with Crippen LogP contribution in [0.25, 0.3) is 6.08 Å². The number of benzene rings is 2. The van der Waals surface area contributed by atoms with Crippen LogP contribution in [0, 0.1) is 10.1 Å². The predicted molar refractivity (Wildman–Crippen MR) is 102 cm³/mol. The van der Waals surface area contributed by atoms with Gasteiger partial charge in [0.2, 0.25) is 0 Å². The average molecular weight is 389 g/mol. The van der Waals surface area contributed by atoms with Crippen LogP contribution in [0.1, 0.15) is 15.9 Å². The Morgan fingerprint density at radius 1 is 1.22 bits per heavy atom. The molecule has 0 radical (unpaired) electrons. The average Bonchev–Trinajstić information content (AvgIpc) is 2.65. The van der Waals surface area contributed by atoms with Crippen molar-refractivity contribution in [1.82, 2.24) is 4.90 Å². The molecule has 0 fully saturated rings. The fourth-order valence-corrected chi connectivity index (χ4v) is 2.24. The molecule has 0 unspecified atom stereocenters. The SMILES string of the molecule is CN(C)C(=O)COc1cccc(C(=O)C=Cc2ccc(Cl)c([N+](=O)[O-])c2)c1. The van der Waals surface area contributed by atoms with Gasteiger partial charge in [-0.05, 0) is 29.8 Å². The molecule has 7 nitrogen and oxygen atoms in total. The van der Waals surface area contributed by atoms with Crippen LogP contribution >= 0.6 is 11.6 Å². The highest BCUT2D eigenvalue weighted by atomic mass is 35.5. The third-order valence-corrected chi connectivity index (χ3v) is 3.89. The number of carbonyl (C=O) groups is 2. The van der Waals surface area contributed by atoms with Crippen LogP contribution in [-0.4, -0.2) is 42.2 Å². The molecule has 140 valence electrons. The van der Waals surface area contributed by atoms with Gasteiger partial charge in [-0.3, -0.25) is 19.7 Å². The Kier molecular flexibility index (Phi) is 6.67. The van der Waals surface area contributed by atoms with Gasteiger partial charge in [0.25, 0.3) is 11.6 Å². The smallest absolute Gasteiger partial charge is 0.288 e. The van der Waals surface area contributed by atoms with Crippen molar-refractivity contribution in [3.05, 3.63) is 74.8 Å². The van der Waals surface area contributed by atoms with Crippen molar-refractivity contribution < 1.29 is 19.2 Å². The summed E-state index contributed by atoms with van der Waals surface area (Å²) in [5, 5.41) is 10.9. The maximum Gasteiger partial charge on any atom is 0.288 e. The van der Waals surface area contributed by atoms with Crippen molar-refractivity contribution in [2.24, 2.45) is 0 Å². The van der Waals surface area contributed by atoms with Gasteiger partial charge in [0.1, 0.15) is 10.8 Å². The minimum Gasteiger partial charge on any atom is -0.484 e. The number of nitrogens with zero attached hydrogens (tertiary/aromatic N) is 2. The van der Waals surface area contributed by atoms with E-state index in [1.807, 2.05) is 0 Å². The first-order valence-electron chi connectivity index (χ1n) is 7.87. The Labute approximate surface area is 161 Å². The molecule has 2 aromatic rings. The largest absolute Gasteiger partial charge is 0.484 e. The minimum absolute atomic E-state index is 0.0283. The van der Waals surface area contributed by atoms with Gasteiger partial charge in [-0.15, -0.1) is 0 Å². The molecule has 0 atom stereocenters. The van der Waals surface area contributed by atoms with E-state index in [-0.39, 0.29) is 29.0 Å². The molecule has 0 heterocycles. The molecule has 0 bridgehead atoms. The van der Waals surface area contributed by atoms with Crippen LogP contribution in [0.3, 0.4) is 0 Å². The van der Waals surface area contributed by atoms with Crippen LogP contribution < -0.4 is 4.74 Å². The number of carbonyl (C=O) groups excluding carboxylic acids is 2. The third kappa shape index (κ3) is 5.65. The van der Waals surface area contributed by atoms with Gasteiger partial charge >= 0.3 is 0 Å². The lowest BCUT2D eigenvalue weighted by Crippen LogP contribution is -2.27. The van der Waals surface area contributed by atoms with Crippen LogP contribution in [0.4, 0.5) is 5.69 Å². The monoisotopic (exact) mass is 388 g/mol. The lowest BCUT2D eigenvalue weighted by molar-refractivity contribution is -0.384. The molecule has 0 spiro atoms. The lowest BCUT2D eigenvalue weighted by Gasteiger charge is -2.11. The first-order valence-corrected chi connectivity index (χ1v) is 8.25. The third-order valence-electron chi connectivity index (χ3n) is 3.57. The zero-order valence-corrected chi connectivity index (χ0v) is 15.5. The number of rotatable bonds is 7. The molecule has 8 heteroatoms. The van der Waals surface area contributed by atoms with Crippen molar-refractivity contribution in [3.63, 3.8) is 0 Å². The van der Waals surface area contributed by atoms with Crippen LogP contribution in [0.2, 0.25) is 5.02 Å². The van der Waals surface area contributed by atoms with Gasteiger partial charge in [-0.2, -0.15) is 0 Å². The second-order valence-corrected chi connectivity index (χ2v) is 6.18. The van der Waals surface area contributed by atoms with Crippen molar-refractivity contribution in [2.45, 2.75) is 0 Å². The van der Waals surface area contributed by atoms with Crippen LogP contribution in [0.15, 0.2) is 48.5 Å². The number of nitro groups is 1. The number of ether oxygens (including phenoxy) is 1. The lowest BCUT2D eigenvalue weighted by atomic mass is 10.1. The van der Waals surface area contributed by atoms with E-state index in [4.69, 9.17) is 16.3 Å². The van der Waals surface area contributed by atoms with Crippen molar-refractivity contribution in [1.29, 1.82) is 0 Å². The van der Waals surface area contributed by atoms with Gasteiger partial charge in [0.15, 0.2) is 12.4 Å². The summed E-state index contributed by atoms with van der Waals surface area (Å²) < 4.78 is 5.38. The number of hydrogen-bond acceptors (Lipinski definition) is 5. The fourth-order valence-electron chi connectivity index (χ4n) is 2.05. The Morgan fingerprint density at radius 2 is 1.96 bits per heavy atom. The van der Waals surface area contributed by atoms with Crippen molar-refractivity contribution in [3.8, 4) is 5.75 Å². The Bertz CT molecular complexity index is 909. The number of halogens is 1. The molecular weight excluding hydrogens is 372 g/mol. The maximum atomic E-state index is 12.3. The Hall–Kier alpha value is -3.19. The number of allylic oxidation sites excluding steroid dienone is 1. The van der Waals surface area contributed by atoms with Crippen LogP contribution in [0.5, 0.6) is 5.75 Å². The summed E-state index contributed by atoms with van der Waals surface area (Å²) in [4.78, 5) is 35.6. The quantitative estimate of drug-likeness (QED) is 0.313. The standard InChI is InChI=1S/C19H17ClN2O5/c1-21(2)19(24)12-27-15-5-3-4-14(11-15)18(23)9-7-13-6-8-16(20)17(10-13)22(25)26/h3-11H,12H2,1-2H3. The van der Waals surface area contributed by atoms with E-state index in [0.717, 1.165) is 0 Å². The minimum atomic E-state index is -0.586. The summed E-state index contributed by atoms with van der Waals surface area (Å²) in [7, 11) is 3.25.